The molecule has 0 atom stereocenters. The summed E-state index contributed by atoms with van der Waals surface area (Å²) in [5.74, 6) is -0.0835. The van der Waals surface area contributed by atoms with Crippen LogP contribution < -0.4 is 5.32 Å². The molecule has 2 rings (SSSR count). The number of nitrogens with zero attached hydrogens (tertiary/aromatic N) is 2. The molecule has 94 valence electrons. The lowest BCUT2D eigenvalue weighted by Gasteiger charge is -2.09. The van der Waals surface area contributed by atoms with E-state index in [9.17, 15) is 4.79 Å². The van der Waals surface area contributed by atoms with Gasteiger partial charge in [0.2, 0.25) is 5.91 Å². The van der Waals surface area contributed by atoms with Crippen LogP contribution in [-0.4, -0.2) is 15.7 Å². The van der Waals surface area contributed by atoms with Gasteiger partial charge in [0, 0.05) is 22.6 Å². The van der Waals surface area contributed by atoms with Gasteiger partial charge in [-0.2, -0.15) is 5.10 Å². The third kappa shape index (κ3) is 2.98. The van der Waals surface area contributed by atoms with Crippen molar-refractivity contribution in [2.75, 3.05) is 5.32 Å². The van der Waals surface area contributed by atoms with Crippen LogP contribution in [0.25, 0.3) is 0 Å². The average Bonchev–Trinajstić information content (AvgIpc) is 2.78. The van der Waals surface area contributed by atoms with E-state index in [-0.39, 0.29) is 12.5 Å². The van der Waals surface area contributed by atoms with Gasteiger partial charge in [0.1, 0.15) is 6.54 Å². The number of amides is 1. The van der Waals surface area contributed by atoms with Gasteiger partial charge in [-0.15, -0.1) is 0 Å². The Labute approximate surface area is 114 Å². The zero-order valence-corrected chi connectivity index (χ0v) is 11.9. The van der Waals surface area contributed by atoms with Crippen LogP contribution in [0.3, 0.4) is 0 Å². The van der Waals surface area contributed by atoms with Crippen molar-refractivity contribution in [2.45, 2.75) is 20.4 Å². The predicted molar refractivity (Wildman–Crippen MR) is 74.5 cm³/mol. The van der Waals surface area contributed by atoms with Gasteiger partial charge in [-0.25, -0.2) is 0 Å². The highest BCUT2D eigenvalue weighted by Crippen LogP contribution is 2.24. The molecule has 2 aromatic rings. The van der Waals surface area contributed by atoms with E-state index in [1.807, 2.05) is 26.0 Å². The molecule has 1 aromatic heterocycles. The Balaban J connectivity index is 2.07. The molecular weight excluding hydrogens is 294 g/mol. The van der Waals surface area contributed by atoms with E-state index in [4.69, 9.17) is 0 Å². The quantitative estimate of drug-likeness (QED) is 0.947. The minimum Gasteiger partial charge on any atom is -0.324 e. The molecule has 0 aliphatic rings. The van der Waals surface area contributed by atoms with Crippen LogP contribution in [0.4, 0.5) is 5.69 Å². The highest BCUT2D eigenvalue weighted by atomic mass is 79.9. The Morgan fingerprint density at radius 1 is 1.39 bits per heavy atom. The van der Waals surface area contributed by atoms with Crippen molar-refractivity contribution < 1.29 is 4.79 Å². The van der Waals surface area contributed by atoms with Crippen molar-refractivity contribution >= 4 is 27.5 Å². The van der Waals surface area contributed by atoms with Crippen molar-refractivity contribution in [3.05, 3.63) is 46.2 Å². The van der Waals surface area contributed by atoms with Gasteiger partial charge in [0.05, 0.1) is 0 Å². The van der Waals surface area contributed by atoms with Gasteiger partial charge < -0.3 is 5.32 Å². The molecule has 0 radical (unpaired) electrons. The predicted octanol–water partition coefficient (Wildman–Crippen LogP) is 2.90. The number of aryl methyl sites for hydroxylation is 2. The number of carbonyl (C=O) groups excluding carboxylic acids is 1. The number of halogens is 1. The fourth-order valence-electron chi connectivity index (χ4n) is 1.76. The summed E-state index contributed by atoms with van der Waals surface area (Å²) in [4.78, 5) is 11.8. The van der Waals surface area contributed by atoms with Crippen LogP contribution in [0.2, 0.25) is 0 Å². The van der Waals surface area contributed by atoms with Crippen molar-refractivity contribution in [3.63, 3.8) is 0 Å². The third-order valence-corrected chi connectivity index (χ3v) is 3.84. The van der Waals surface area contributed by atoms with E-state index in [0.717, 1.165) is 21.3 Å². The van der Waals surface area contributed by atoms with Gasteiger partial charge >= 0.3 is 0 Å². The summed E-state index contributed by atoms with van der Waals surface area (Å²) in [6.45, 7) is 4.22. The van der Waals surface area contributed by atoms with E-state index in [2.05, 4.69) is 26.3 Å². The van der Waals surface area contributed by atoms with Gasteiger partial charge in [-0.3, -0.25) is 9.48 Å². The number of anilines is 1. The van der Waals surface area contributed by atoms with Gasteiger partial charge in [0.25, 0.3) is 0 Å². The maximum atomic E-state index is 11.8. The van der Waals surface area contributed by atoms with Crippen LogP contribution in [0.5, 0.6) is 0 Å². The average molecular weight is 308 g/mol. The second-order valence-corrected chi connectivity index (χ2v) is 4.97. The first-order valence-electron chi connectivity index (χ1n) is 5.60. The third-order valence-electron chi connectivity index (χ3n) is 2.58. The smallest absolute Gasteiger partial charge is 0.246 e. The Kier molecular flexibility index (Phi) is 3.81. The summed E-state index contributed by atoms with van der Waals surface area (Å²) in [6.07, 6.45) is 3.42. The maximum Gasteiger partial charge on any atom is 0.246 e. The van der Waals surface area contributed by atoms with E-state index in [1.165, 1.54) is 0 Å². The fraction of sp³-hybridized carbons (Fsp3) is 0.231. The SMILES string of the molecule is Cc1cc(NC(=O)Cn2cccn2)cc(C)c1Br. The number of benzene rings is 1. The highest BCUT2D eigenvalue weighted by molar-refractivity contribution is 9.10. The molecule has 0 aliphatic carbocycles. The lowest BCUT2D eigenvalue weighted by atomic mass is 10.1. The lowest BCUT2D eigenvalue weighted by Crippen LogP contribution is -2.19. The molecule has 0 unspecified atom stereocenters. The van der Waals surface area contributed by atoms with Crippen molar-refractivity contribution in [2.24, 2.45) is 0 Å². The van der Waals surface area contributed by atoms with E-state index < -0.39 is 0 Å². The molecule has 0 fully saturated rings. The molecule has 4 nitrogen and oxygen atoms in total. The minimum atomic E-state index is -0.0835. The summed E-state index contributed by atoms with van der Waals surface area (Å²) in [7, 11) is 0. The van der Waals surface area contributed by atoms with E-state index >= 15 is 0 Å². The highest BCUT2D eigenvalue weighted by Gasteiger charge is 2.06. The van der Waals surface area contributed by atoms with Crippen LogP contribution in [0.15, 0.2) is 35.1 Å². The lowest BCUT2D eigenvalue weighted by molar-refractivity contribution is -0.116. The zero-order chi connectivity index (χ0) is 13.1. The molecule has 1 heterocycles. The summed E-state index contributed by atoms with van der Waals surface area (Å²) in [6, 6.07) is 5.68. The van der Waals surface area contributed by atoms with E-state index in [0.29, 0.717) is 0 Å². The Hall–Kier alpha value is -1.62. The normalized spacial score (nSPS) is 10.4. The van der Waals surface area contributed by atoms with Crippen LogP contribution >= 0.6 is 15.9 Å². The molecule has 0 saturated heterocycles. The number of aromatic nitrogens is 2. The number of rotatable bonds is 3. The second-order valence-electron chi connectivity index (χ2n) is 4.18. The molecular formula is C13H14BrN3O. The summed E-state index contributed by atoms with van der Waals surface area (Å²) < 4.78 is 2.67. The van der Waals surface area contributed by atoms with E-state index in [1.54, 1.807) is 23.1 Å². The Morgan fingerprint density at radius 3 is 2.61 bits per heavy atom. The Bertz CT molecular complexity index is 541. The standard InChI is InChI=1S/C13H14BrN3O/c1-9-6-11(7-10(2)13(9)14)16-12(18)8-17-5-3-4-15-17/h3-7H,8H2,1-2H3,(H,16,18). The van der Waals surface area contributed by atoms with Gasteiger partial charge in [-0.1, -0.05) is 15.9 Å². The minimum absolute atomic E-state index is 0.0835. The summed E-state index contributed by atoms with van der Waals surface area (Å²) in [5.41, 5.74) is 3.01. The molecule has 0 bridgehead atoms. The van der Waals surface area contributed by atoms with Crippen molar-refractivity contribution in [3.8, 4) is 0 Å². The molecule has 1 aromatic carbocycles. The number of hydrogen-bond acceptors (Lipinski definition) is 2. The summed E-state index contributed by atoms with van der Waals surface area (Å²) in [5, 5.41) is 6.86. The monoisotopic (exact) mass is 307 g/mol. The largest absolute Gasteiger partial charge is 0.324 e. The van der Waals surface area contributed by atoms with Crippen molar-refractivity contribution in [1.29, 1.82) is 0 Å². The molecule has 18 heavy (non-hydrogen) atoms. The number of hydrogen-bond donors (Lipinski definition) is 1. The molecule has 5 heteroatoms. The van der Waals surface area contributed by atoms with Gasteiger partial charge in [0.15, 0.2) is 0 Å². The first-order chi connectivity index (χ1) is 8.56. The van der Waals surface area contributed by atoms with Crippen molar-refractivity contribution in [1.82, 2.24) is 9.78 Å². The molecule has 1 amide bonds. The van der Waals surface area contributed by atoms with Crippen LogP contribution in [0, 0.1) is 13.8 Å². The van der Waals surface area contributed by atoms with Crippen LogP contribution in [0.1, 0.15) is 11.1 Å². The Morgan fingerprint density at radius 2 is 2.06 bits per heavy atom. The molecule has 0 spiro atoms. The summed E-state index contributed by atoms with van der Waals surface area (Å²) >= 11 is 3.50. The molecule has 0 saturated carbocycles. The maximum absolute atomic E-state index is 11.8. The van der Waals surface area contributed by atoms with Crippen LogP contribution in [-0.2, 0) is 11.3 Å². The first kappa shape index (κ1) is 12.8. The first-order valence-corrected chi connectivity index (χ1v) is 6.39. The topological polar surface area (TPSA) is 46.9 Å². The zero-order valence-electron chi connectivity index (χ0n) is 10.3. The number of carbonyl (C=O) groups is 1. The fourth-order valence-corrected chi connectivity index (χ4v) is 1.99. The second kappa shape index (κ2) is 5.35. The van der Waals surface area contributed by atoms with Gasteiger partial charge in [-0.05, 0) is 43.2 Å². The number of nitrogens with one attached hydrogen (secondary N) is 1. The molecule has 0 aliphatic heterocycles. The molecule has 1 N–H and O–H groups in total.